The summed E-state index contributed by atoms with van der Waals surface area (Å²) in [4.78, 5) is 11.5. The average molecular weight is 332 g/mol. The van der Waals surface area contributed by atoms with E-state index in [0.29, 0.717) is 17.6 Å². The second kappa shape index (κ2) is 4.99. The van der Waals surface area contributed by atoms with Crippen LogP contribution < -0.4 is 0 Å². The molecule has 1 heterocycles. The first-order valence-electron chi connectivity index (χ1n) is 10.2. The summed E-state index contributed by atoms with van der Waals surface area (Å²) in [7, 11) is 0. The van der Waals surface area contributed by atoms with E-state index in [9.17, 15) is 4.79 Å². The molecular weight excluding hydrogens is 300 g/mol. The summed E-state index contributed by atoms with van der Waals surface area (Å²) in [5.74, 6) is 3.27. The molecule has 0 N–H and O–H groups in total. The van der Waals surface area contributed by atoms with Crippen LogP contribution in [0.25, 0.3) is 0 Å². The summed E-state index contributed by atoms with van der Waals surface area (Å²) in [6, 6.07) is 0. The molecule has 5 aliphatic rings. The third-order valence-corrected chi connectivity index (χ3v) is 9.13. The van der Waals surface area contributed by atoms with Gasteiger partial charge in [0.25, 0.3) is 0 Å². The molecule has 3 nitrogen and oxygen atoms in total. The molecule has 4 saturated carbocycles. The zero-order valence-electron chi connectivity index (χ0n) is 15.4. The summed E-state index contributed by atoms with van der Waals surface area (Å²) in [6.45, 7) is 6.58. The largest absolute Gasteiger partial charge is 0.462 e. The number of hydrogen-bond acceptors (Lipinski definition) is 3. The lowest BCUT2D eigenvalue weighted by atomic mass is 9.45. The average Bonchev–Trinajstić information content (AvgIpc) is 3.18. The van der Waals surface area contributed by atoms with Gasteiger partial charge in [-0.2, -0.15) is 0 Å². The van der Waals surface area contributed by atoms with Gasteiger partial charge in [-0.1, -0.05) is 13.8 Å². The quantitative estimate of drug-likeness (QED) is 0.530. The molecule has 4 aliphatic carbocycles. The minimum atomic E-state index is -0.0936. The van der Waals surface area contributed by atoms with Gasteiger partial charge in [0.1, 0.15) is 6.10 Å². The standard InChI is InChI=1S/C21H32O3/c1-12(22)23-19-7-6-15-14-5-4-13-10-17-18(24-17)11-21(13,3)16(14)8-9-20(15,19)2/h13-19H,4-11H2,1-3H3/t13-,14-,15-,16-,17?,18?,19-,20-,21-/m0/s1. The smallest absolute Gasteiger partial charge is 0.302 e. The molecular formula is C21H32O3. The van der Waals surface area contributed by atoms with Gasteiger partial charge in [-0.25, -0.2) is 0 Å². The minimum Gasteiger partial charge on any atom is -0.462 e. The molecule has 0 amide bonds. The fraction of sp³-hybridized carbons (Fsp3) is 0.952. The molecule has 0 aromatic carbocycles. The molecule has 1 aliphatic heterocycles. The molecule has 0 spiro atoms. The van der Waals surface area contributed by atoms with Crippen LogP contribution in [0, 0.1) is 34.5 Å². The summed E-state index contributed by atoms with van der Waals surface area (Å²) >= 11 is 0. The third-order valence-electron chi connectivity index (χ3n) is 9.13. The molecule has 1 saturated heterocycles. The SMILES string of the molecule is CC(=O)O[C@H]1CC[C@H]2[C@@H]3CC[C@H]4CC5OC5C[C@]4(C)[C@H]3CC[C@]12C. The maximum Gasteiger partial charge on any atom is 0.302 e. The Bertz CT molecular complexity index is 559. The topological polar surface area (TPSA) is 38.8 Å². The first-order chi connectivity index (χ1) is 11.4. The van der Waals surface area contributed by atoms with Crippen molar-refractivity contribution in [2.45, 2.75) is 90.4 Å². The van der Waals surface area contributed by atoms with E-state index in [2.05, 4.69) is 13.8 Å². The van der Waals surface area contributed by atoms with Gasteiger partial charge in [0, 0.05) is 12.3 Å². The monoisotopic (exact) mass is 332 g/mol. The second-order valence-electron chi connectivity index (χ2n) is 10.0. The van der Waals surface area contributed by atoms with E-state index in [1.807, 2.05) is 0 Å². The highest BCUT2D eigenvalue weighted by Crippen LogP contribution is 2.68. The van der Waals surface area contributed by atoms with Crippen LogP contribution in [-0.2, 0) is 14.3 Å². The van der Waals surface area contributed by atoms with Crippen molar-refractivity contribution >= 4 is 5.97 Å². The van der Waals surface area contributed by atoms with Gasteiger partial charge in [0.05, 0.1) is 12.2 Å². The molecule has 9 atom stereocenters. The predicted octanol–water partition coefficient (Wildman–Crippen LogP) is 4.34. The van der Waals surface area contributed by atoms with Crippen molar-refractivity contribution in [3.8, 4) is 0 Å². The molecule has 5 fully saturated rings. The van der Waals surface area contributed by atoms with Crippen LogP contribution in [0.15, 0.2) is 0 Å². The minimum absolute atomic E-state index is 0.0936. The summed E-state index contributed by atoms with van der Waals surface area (Å²) in [6.07, 6.45) is 11.7. The van der Waals surface area contributed by atoms with Crippen molar-refractivity contribution in [1.82, 2.24) is 0 Å². The van der Waals surface area contributed by atoms with Crippen LogP contribution >= 0.6 is 0 Å². The van der Waals surface area contributed by atoms with Gasteiger partial charge in [0.2, 0.25) is 0 Å². The van der Waals surface area contributed by atoms with Crippen LogP contribution in [0.5, 0.6) is 0 Å². The van der Waals surface area contributed by atoms with Crippen molar-refractivity contribution in [2.75, 3.05) is 0 Å². The molecule has 5 rings (SSSR count). The summed E-state index contributed by atoms with van der Waals surface area (Å²) < 4.78 is 11.7. The fourth-order valence-electron chi connectivity index (χ4n) is 7.87. The van der Waals surface area contributed by atoms with Gasteiger partial charge in [0.15, 0.2) is 0 Å². The summed E-state index contributed by atoms with van der Waals surface area (Å²) in [5.41, 5.74) is 0.727. The Labute approximate surface area is 145 Å². The van der Waals surface area contributed by atoms with E-state index in [0.717, 1.165) is 30.1 Å². The number of ether oxygens (including phenoxy) is 2. The van der Waals surface area contributed by atoms with Crippen LogP contribution in [-0.4, -0.2) is 24.3 Å². The molecule has 0 aromatic heterocycles. The van der Waals surface area contributed by atoms with Gasteiger partial charge < -0.3 is 9.47 Å². The Balaban J connectivity index is 1.41. The lowest BCUT2D eigenvalue weighted by Crippen LogP contribution is -2.54. The van der Waals surface area contributed by atoms with Crippen LogP contribution in [0.2, 0.25) is 0 Å². The van der Waals surface area contributed by atoms with Crippen molar-refractivity contribution in [3.63, 3.8) is 0 Å². The van der Waals surface area contributed by atoms with Crippen LogP contribution in [0.4, 0.5) is 0 Å². The third kappa shape index (κ3) is 2.03. The molecule has 0 bridgehead atoms. The molecule has 0 aromatic rings. The first kappa shape index (κ1) is 15.7. The lowest BCUT2D eigenvalue weighted by molar-refractivity contribution is -0.160. The summed E-state index contributed by atoms with van der Waals surface area (Å²) in [5, 5.41) is 0. The van der Waals surface area contributed by atoms with E-state index in [1.165, 1.54) is 44.9 Å². The number of carbonyl (C=O) groups is 1. The van der Waals surface area contributed by atoms with Gasteiger partial charge >= 0.3 is 5.97 Å². The number of esters is 1. The van der Waals surface area contributed by atoms with E-state index in [1.54, 1.807) is 6.92 Å². The van der Waals surface area contributed by atoms with Crippen LogP contribution in [0.1, 0.15) is 72.1 Å². The molecule has 2 unspecified atom stereocenters. The number of hydrogen-bond donors (Lipinski definition) is 0. The normalized spacial score (nSPS) is 58.0. The fourth-order valence-corrected chi connectivity index (χ4v) is 7.87. The molecule has 0 radical (unpaired) electrons. The Morgan fingerprint density at radius 3 is 2.58 bits per heavy atom. The number of fused-ring (bicyclic) bond motifs is 6. The van der Waals surface area contributed by atoms with E-state index < -0.39 is 0 Å². The molecule has 3 heteroatoms. The van der Waals surface area contributed by atoms with Crippen molar-refractivity contribution in [2.24, 2.45) is 34.5 Å². The molecule has 134 valence electrons. The zero-order valence-corrected chi connectivity index (χ0v) is 15.4. The Morgan fingerprint density at radius 1 is 1.00 bits per heavy atom. The van der Waals surface area contributed by atoms with Gasteiger partial charge in [-0.05, 0) is 80.5 Å². The second-order valence-corrected chi connectivity index (χ2v) is 10.0. The highest BCUT2D eigenvalue weighted by atomic mass is 16.6. The van der Waals surface area contributed by atoms with Crippen molar-refractivity contribution < 1.29 is 14.3 Å². The highest BCUT2D eigenvalue weighted by molar-refractivity contribution is 5.66. The zero-order chi connectivity index (χ0) is 16.7. The maximum absolute atomic E-state index is 11.5. The highest BCUT2D eigenvalue weighted by Gasteiger charge is 2.64. The van der Waals surface area contributed by atoms with Crippen molar-refractivity contribution in [3.05, 3.63) is 0 Å². The Kier molecular flexibility index (Phi) is 3.26. The number of carbonyl (C=O) groups excluding carboxylic acids is 1. The molecule has 24 heavy (non-hydrogen) atoms. The van der Waals surface area contributed by atoms with Gasteiger partial charge in [-0.3, -0.25) is 4.79 Å². The van der Waals surface area contributed by atoms with Gasteiger partial charge in [-0.15, -0.1) is 0 Å². The number of rotatable bonds is 1. The van der Waals surface area contributed by atoms with E-state index >= 15 is 0 Å². The predicted molar refractivity (Wildman–Crippen MR) is 91.3 cm³/mol. The van der Waals surface area contributed by atoms with Crippen LogP contribution in [0.3, 0.4) is 0 Å². The lowest BCUT2D eigenvalue weighted by Gasteiger charge is -2.59. The Hall–Kier alpha value is -0.570. The Morgan fingerprint density at radius 2 is 1.79 bits per heavy atom. The maximum atomic E-state index is 11.5. The van der Waals surface area contributed by atoms with E-state index in [-0.39, 0.29) is 17.5 Å². The first-order valence-corrected chi connectivity index (χ1v) is 10.2. The number of epoxide rings is 1. The van der Waals surface area contributed by atoms with E-state index in [4.69, 9.17) is 9.47 Å². The van der Waals surface area contributed by atoms with Crippen molar-refractivity contribution in [1.29, 1.82) is 0 Å².